The van der Waals surface area contributed by atoms with E-state index in [2.05, 4.69) is 6.58 Å². The molecule has 0 aliphatic carbocycles. The van der Waals surface area contributed by atoms with Gasteiger partial charge in [-0.3, -0.25) is 0 Å². The minimum Gasteiger partial charge on any atom is -0.505 e. The van der Waals surface area contributed by atoms with Crippen molar-refractivity contribution in [3.8, 4) is 5.75 Å². The van der Waals surface area contributed by atoms with Crippen molar-refractivity contribution in [1.82, 2.24) is 0 Å². The van der Waals surface area contributed by atoms with Gasteiger partial charge < -0.3 is 10.8 Å². The Morgan fingerprint density at radius 3 is 2.37 bits per heavy atom. The normalized spacial score (nSPS) is 12.7. The summed E-state index contributed by atoms with van der Waals surface area (Å²) < 4.78 is 51.4. The van der Waals surface area contributed by atoms with Crippen molar-refractivity contribution in [2.45, 2.75) is 25.6 Å². The van der Waals surface area contributed by atoms with Gasteiger partial charge in [-0.05, 0) is 25.5 Å². The lowest BCUT2D eigenvalue weighted by atomic mass is 9.94. The maximum Gasteiger partial charge on any atom is 0.416 e. The summed E-state index contributed by atoms with van der Waals surface area (Å²) in [4.78, 5) is 0. The summed E-state index contributed by atoms with van der Waals surface area (Å²) in [6, 6.07) is -0.0209. The van der Waals surface area contributed by atoms with Gasteiger partial charge in [-0.1, -0.05) is 5.57 Å². The van der Waals surface area contributed by atoms with Gasteiger partial charge in [0.15, 0.2) is 11.6 Å². The highest BCUT2D eigenvalue weighted by Crippen LogP contribution is 2.40. The summed E-state index contributed by atoms with van der Waals surface area (Å²) in [5, 5.41) is 9.44. The van der Waals surface area contributed by atoms with Crippen LogP contribution in [0.3, 0.4) is 0 Å². The number of phenolic OH excluding ortho intramolecular Hbond substituents is 1. The molecule has 0 aromatic heterocycles. The van der Waals surface area contributed by atoms with Gasteiger partial charge in [0.05, 0.1) is 5.56 Å². The van der Waals surface area contributed by atoms with Crippen LogP contribution in [0.15, 0.2) is 24.3 Å². The molecule has 0 saturated heterocycles. The first-order valence-electron chi connectivity index (χ1n) is 5.13. The average molecular weight is 300 g/mol. The zero-order valence-electron chi connectivity index (χ0n) is 10.1. The third kappa shape index (κ3) is 4.11. The van der Waals surface area contributed by atoms with E-state index in [1.807, 2.05) is 0 Å². The lowest BCUT2D eigenvalue weighted by Crippen LogP contribution is -2.18. The van der Waals surface area contributed by atoms with E-state index in [1.165, 1.54) is 0 Å². The molecule has 1 aromatic carbocycles. The number of nitrogens with two attached hydrogens (primary N) is 1. The van der Waals surface area contributed by atoms with Crippen molar-refractivity contribution in [1.29, 1.82) is 0 Å². The van der Waals surface area contributed by atoms with Crippen LogP contribution < -0.4 is 5.73 Å². The fourth-order valence-corrected chi connectivity index (χ4v) is 1.68. The molecule has 3 N–H and O–H groups in total. The van der Waals surface area contributed by atoms with E-state index in [1.54, 1.807) is 6.92 Å². The van der Waals surface area contributed by atoms with Gasteiger partial charge in [-0.2, -0.15) is 13.2 Å². The van der Waals surface area contributed by atoms with Crippen LogP contribution in [0, 0.1) is 5.82 Å². The Bertz CT molecular complexity index is 474. The lowest BCUT2D eigenvalue weighted by Gasteiger charge is -2.20. The van der Waals surface area contributed by atoms with Crippen LogP contribution in [-0.4, -0.2) is 5.11 Å². The van der Waals surface area contributed by atoms with E-state index in [-0.39, 0.29) is 18.8 Å². The first-order chi connectivity index (χ1) is 8.14. The lowest BCUT2D eigenvalue weighted by molar-refractivity contribution is -0.138. The number of alkyl halides is 3. The van der Waals surface area contributed by atoms with E-state index in [0.717, 1.165) is 0 Å². The van der Waals surface area contributed by atoms with Crippen LogP contribution >= 0.6 is 12.4 Å². The van der Waals surface area contributed by atoms with E-state index in [9.17, 15) is 22.7 Å². The van der Waals surface area contributed by atoms with Gasteiger partial charge in [-0.15, -0.1) is 19.0 Å². The molecule has 0 saturated carbocycles. The Morgan fingerprint density at radius 2 is 1.95 bits per heavy atom. The zero-order chi connectivity index (χ0) is 14.1. The van der Waals surface area contributed by atoms with Crippen LogP contribution in [0.2, 0.25) is 0 Å². The fourth-order valence-electron chi connectivity index (χ4n) is 1.68. The second-order valence-corrected chi connectivity index (χ2v) is 4.12. The standard InChI is InChI=1S/C12H13F4NO.ClH/c1-6(2)5-9(17)10-7(12(14,15)16)3-4-8(13)11(10)18;/h3-4,9,18H,1,5,17H2,2H3;1H/t9-;/m0./s1. The third-order valence-corrected chi connectivity index (χ3v) is 2.41. The molecule has 108 valence electrons. The topological polar surface area (TPSA) is 46.2 Å². The van der Waals surface area contributed by atoms with E-state index in [4.69, 9.17) is 5.73 Å². The first-order valence-corrected chi connectivity index (χ1v) is 5.13. The predicted octanol–water partition coefficient (Wildman–Crippen LogP) is 3.94. The van der Waals surface area contributed by atoms with Crippen LogP contribution in [0.1, 0.15) is 30.5 Å². The maximum atomic E-state index is 13.1. The predicted molar refractivity (Wildman–Crippen MR) is 66.7 cm³/mol. The van der Waals surface area contributed by atoms with Crippen molar-refractivity contribution >= 4 is 12.4 Å². The van der Waals surface area contributed by atoms with Gasteiger partial charge in [0.2, 0.25) is 0 Å². The van der Waals surface area contributed by atoms with Gasteiger partial charge in [0.1, 0.15) is 0 Å². The summed E-state index contributed by atoms with van der Waals surface area (Å²) in [6.07, 6.45) is -4.67. The van der Waals surface area contributed by atoms with Crippen molar-refractivity contribution in [3.05, 3.63) is 41.2 Å². The van der Waals surface area contributed by atoms with Crippen LogP contribution in [0.4, 0.5) is 17.6 Å². The highest BCUT2D eigenvalue weighted by atomic mass is 35.5. The second kappa shape index (κ2) is 6.25. The second-order valence-electron chi connectivity index (χ2n) is 4.12. The fraction of sp³-hybridized carbons (Fsp3) is 0.333. The van der Waals surface area contributed by atoms with E-state index >= 15 is 0 Å². The molecule has 0 amide bonds. The average Bonchev–Trinajstić information content (AvgIpc) is 2.18. The van der Waals surface area contributed by atoms with Crippen LogP contribution in [0.25, 0.3) is 0 Å². The maximum absolute atomic E-state index is 13.1. The summed E-state index contributed by atoms with van der Waals surface area (Å²) in [5.41, 5.74) is 4.35. The molecular formula is C12H14ClF4NO. The molecule has 0 unspecified atom stereocenters. The number of hydrogen-bond acceptors (Lipinski definition) is 2. The third-order valence-electron chi connectivity index (χ3n) is 2.41. The van der Waals surface area contributed by atoms with Crippen molar-refractivity contribution in [3.63, 3.8) is 0 Å². The first kappa shape index (κ1) is 17.7. The Balaban J connectivity index is 0.00000324. The molecule has 2 nitrogen and oxygen atoms in total. The van der Waals surface area contributed by atoms with E-state index in [0.29, 0.717) is 17.7 Å². The molecule has 0 heterocycles. The Morgan fingerprint density at radius 1 is 1.42 bits per heavy atom. The SMILES string of the molecule is C=C(C)C[C@H](N)c1c(C(F)(F)F)ccc(F)c1O.Cl. The number of rotatable bonds is 3. The summed E-state index contributed by atoms with van der Waals surface area (Å²) in [5.74, 6) is -2.19. The molecule has 0 aliphatic rings. The monoisotopic (exact) mass is 299 g/mol. The Labute approximate surface area is 114 Å². The smallest absolute Gasteiger partial charge is 0.416 e. The van der Waals surface area contributed by atoms with Gasteiger partial charge in [-0.25, -0.2) is 4.39 Å². The molecule has 19 heavy (non-hydrogen) atoms. The van der Waals surface area contributed by atoms with E-state index < -0.39 is 34.9 Å². The largest absolute Gasteiger partial charge is 0.505 e. The van der Waals surface area contributed by atoms with Gasteiger partial charge in [0, 0.05) is 11.6 Å². The molecule has 0 fully saturated rings. The summed E-state index contributed by atoms with van der Waals surface area (Å²) in [7, 11) is 0. The minimum atomic E-state index is -4.70. The number of aromatic hydroxyl groups is 1. The van der Waals surface area contributed by atoms with Crippen molar-refractivity contribution in [2.24, 2.45) is 5.73 Å². The highest BCUT2D eigenvalue weighted by molar-refractivity contribution is 5.85. The molecule has 0 radical (unpaired) electrons. The molecule has 0 spiro atoms. The van der Waals surface area contributed by atoms with Gasteiger partial charge >= 0.3 is 6.18 Å². The number of benzene rings is 1. The molecule has 0 aliphatic heterocycles. The molecule has 1 aromatic rings. The van der Waals surface area contributed by atoms with Crippen LogP contribution in [-0.2, 0) is 6.18 Å². The molecular weight excluding hydrogens is 286 g/mol. The highest BCUT2D eigenvalue weighted by Gasteiger charge is 2.36. The Kier molecular flexibility index (Phi) is 5.83. The zero-order valence-corrected chi connectivity index (χ0v) is 10.9. The van der Waals surface area contributed by atoms with Gasteiger partial charge in [0.25, 0.3) is 0 Å². The quantitative estimate of drug-likeness (QED) is 0.656. The summed E-state index contributed by atoms with van der Waals surface area (Å²) >= 11 is 0. The number of halogens is 5. The van der Waals surface area contributed by atoms with Crippen molar-refractivity contribution < 1.29 is 22.7 Å². The Hall–Kier alpha value is -1.27. The molecule has 7 heteroatoms. The minimum absolute atomic E-state index is 0. The molecule has 1 rings (SSSR count). The molecule has 1 atom stereocenters. The number of phenols is 1. The van der Waals surface area contributed by atoms with Crippen LogP contribution in [0.5, 0.6) is 5.75 Å². The van der Waals surface area contributed by atoms with Crippen molar-refractivity contribution in [2.75, 3.05) is 0 Å². The molecule has 0 bridgehead atoms. The summed E-state index contributed by atoms with van der Waals surface area (Å²) in [6.45, 7) is 5.11. The number of hydrogen-bond donors (Lipinski definition) is 2.